The molecular formula is C17H18N2O2. The average molecular weight is 282 g/mol. The SMILES string of the molecule is CC1(C)Cc2ccccc2C1Nc1ccc([N+](=O)[O-])cc1. The summed E-state index contributed by atoms with van der Waals surface area (Å²) in [6, 6.07) is 15.3. The van der Waals surface area contributed by atoms with E-state index < -0.39 is 0 Å². The molecule has 1 aliphatic rings. The van der Waals surface area contributed by atoms with Crippen molar-refractivity contribution in [3.63, 3.8) is 0 Å². The Kier molecular flexibility index (Phi) is 3.16. The van der Waals surface area contributed by atoms with Crippen molar-refractivity contribution in [1.82, 2.24) is 0 Å². The van der Waals surface area contributed by atoms with Crippen LogP contribution in [0.2, 0.25) is 0 Å². The highest BCUT2D eigenvalue weighted by Crippen LogP contribution is 2.46. The first-order valence-corrected chi connectivity index (χ1v) is 7.06. The van der Waals surface area contributed by atoms with Gasteiger partial charge < -0.3 is 5.32 Å². The number of nitrogens with zero attached hydrogens (tertiary/aromatic N) is 1. The zero-order valence-electron chi connectivity index (χ0n) is 12.2. The molecule has 0 bridgehead atoms. The number of fused-ring (bicyclic) bond motifs is 1. The predicted octanol–water partition coefficient (Wildman–Crippen LogP) is 4.33. The zero-order valence-corrected chi connectivity index (χ0v) is 12.2. The summed E-state index contributed by atoms with van der Waals surface area (Å²) in [6.07, 6.45) is 1.04. The molecule has 4 nitrogen and oxygen atoms in total. The summed E-state index contributed by atoms with van der Waals surface area (Å²) in [6.45, 7) is 4.49. The van der Waals surface area contributed by atoms with Gasteiger partial charge in [0.05, 0.1) is 11.0 Å². The summed E-state index contributed by atoms with van der Waals surface area (Å²) in [7, 11) is 0. The van der Waals surface area contributed by atoms with Crippen LogP contribution in [0.5, 0.6) is 0 Å². The summed E-state index contributed by atoms with van der Waals surface area (Å²) in [4.78, 5) is 10.3. The lowest BCUT2D eigenvalue weighted by Crippen LogP contribution is -2.24. The third-order valence-electron chi connectivity index (χ3n) is 4.18. The maximum Gasteiger partial charge on any atom is 0.269 e. The van der Waals surface area contributed by atoms with Crippen molar-refractivity contribution in [3.8, 4) is 0 Å². The number of hydrogen-bond acceptors (Lipinski definition) is 3. The quantitative estimate of drug-likeness (QED) is 0.673. The summed E-state index contributed by atoms with van der Waals surface area (Å²) in [5.74, 6) is 0. The molecule has 0 heterocycles. The molecule has 2 aromatic rings. The van der Waals surface area contributed by atoms with Crippen LogP contribution in [0.3, 0.4) is 0 Å². The minimum absolute atomic E-state index is 0.117. The van der Waals surface area contributed by atoms with Crippen molar-refractivity contribution in [1.29, 1.82) is 0 Å². The monoisotopic (exact) mass is 282 g/mol. The molecule has 0 aromatic heterocycles. The Morgan fingerprint density at radius 1 is 1.14 bits per heavy atom. The molecule has 1 unspecified atom stereocenters. The van der Waals surface area contributed by atoms with E-state index in [2.05, 4.69) is 43.4 Å². The maximum absolute atomic E-state index is 10.7. The lowest BCUT2D eigenvalue weighted by atomic mass is 9.85. The van der Waals surface area contributed by atoms with Gasteiger partial charge in [-0.1, -0.05) is 38.1 Å². The van der Waals surface area contributed by atoms with E-state index in [1.807, 2.05) is 0 Å². The lowest BCUT2D eigenvalue weighted by molar-refractivity contribution is -0.384. The first-order chi connectivity index (χ1) is 9.97. The summed E-state index contributed by atoms with van der Waals surface area (Å²) in [5.41, 5.74) is 3.84. The van der Waals surface area contributed by atoms with Crippen LogP contribution in [-0.4, -0.2) is 4.92 Å². The Morgan fingerprint density at radius 2 is 1.81 bits per heavy atom. The summed E-state index contributed by atoms with van der Waals surface area (Å²) < 4.78 is 0. The molecule has 0 aliphatic heterocycles. The van der Waals surface area contributed by atoms with Gasteiger partial charge in [0.15, 0.2) is 0 Å². The third-order valence-corrected chi connectivity index (χ3v) is 4.18. The van der Waals surface area contributed by atoms with E-state index in [0.29, 0.717) is 0 Å². The van der Waals surface area contributed by atoms with Crippen LogP contribution in [0.15, 0.2) is 48.5 Å². The molecule has 0 spiro atoms. The van der Waals surface area contributed by atoms with Crippen LogP contribution in [0.1, 0.15) is 31.0 Å². The van der Waals surface area contributed by atoms with Crippen molar-refractivity contribution in [3.05, 3.63) is 69.8 Å². The number of nitro groups is 1. The minimum Gasteiger partial charge on any atom is -0.378 e. The highest BCUT2D eigenvalue weighted by molar-refractivity contribution is 5.52. The summed E-state index contributed by atoms with van der Waals surface area (Å²) in [5, 5.41) is 14.2. The lowest BCUT2D eigenvalue weighted by Gasteiger charge is -2.29. The molecule has 0 radical (unpaired) electrons. The first-order valence-electron chi connectivity index (χ1n) is 7.06. The van der Waals surface area contributed by atoms with Gasteiger partial charge in [0.2, 0.25) is 0 Å². The van der Waals surface area contributed by atoms with Crippen LogP contribution in [0.4, 0.5) is 11.4 Å². The standard InChI is InChI=1S/C17H18N2O2/c1-17(2)11-12-5-3-4-6-15(12)16(17)18-13-7-9-14(10-8-13)19(20)21/h3-10,16,18H,11H2,1-2H3. The third kappa shape index (κ3) is 2.49. The normalized spacial score (nSPS) is 19.0. The smallest absolute Gasteiger partial charge is 0.269 e. The second-order valence-electron chi connectivity index (χ2n) is 6.25. The van der Waals surface area contributed by atoms with E-state index in [1.54, 1.807) is 12.1 Å². The van der Waals surface area contributed by atoms with Crippen molar-refractivity contribution in [2.75, 3.05) is 5.32 Å². The van der Waals surface area contributed by atoms with Crippen LogP contribution in [0.25, 0.3) is 0 Å². The van der Waals surface area contributed by atoms with E-state index >= 15 is 0 Å². The molecule has 1 aliphatic carbocycles. The zero-order chi connectivity index (χ0) is 15.0. The van der Waals surface area contributed by atoms with Gasteiger partial charge in [0, 0.05) is 17.8 Å². The number of benzene rings is 2. The van der Waals surface area contributed by atoms with Crippen molar-refractivity contribution in [2.45, 2.75) is 26.3 Å². The molecule has 1 atom stereocenters. The van der Waals surface area contributed by atoms with Gasteiger partial charge >= 0.3 is 0 Å². The Hall–Kier alpha value is -2.36. The maximum atomic E-state index is 10.7. The molecule has 4 heteroatoms. The van der Waals surface area contributed by atoms with E-state index in [0.717, 1.165) is 12.1 Å². The van der Waals surface area contributed by atoms with Gasteiger partial charge in [-0.25, -0.2) is 0 Å². The largest absolute Gasteiger partial charge is 0.378 e. The van der Waals surface area contributed by atoms with E-state index in [4.69, 9.17) is 0 Å². The first kappa shape index (κ1) is 13.6. The van der Waals surface area contributed by atoms with Crippen molar-refractivity contribution >= 4 is 11.4 Å². The predicted molar refractivity (Wildman–Crippen MR) is 83.4 cm³/mol. The number of anilines is 1. The van der Waals surface area contributed by atoms with Crippen molar-refractivity contribution < 1.29 is 4.92 Å². The highest BCUT2D eigenvalue weighted by atomic mass is 16.6. The second kappa shape index (κ2) is 4.88. The molecular weight excluding hydrogens is 264 g/mol. The highest BCUT2D eigenvalue weighted by Gasteiger charge is 2.38. The van der Waals surface area contributed by atoms with Crippen LogP contribution in [-0.2, 0) is 6.42 Å². The van der Waals surface area contributed by atoms with Gasteiger partial charge in [-0.2, -0.15) is 0 Å². The second-order valence-corrected chi connectivity index (χ2v) is 6.25. The Morgan fingerprint density at radius 3 is 2.48 bits per heavy atom. The molecule has 1 N–H and O–H groups in total. The van der Waals surface area contributed by atoms with Crippen LogP contribution >= 0.6 is 0 Å². The van der Waals surface area contributed by atoms with Gasteiger partial charge in [-0.3, -0.25) is 10.1 Å². The van der Waals surface area contributed by atoms with Gasteiger partial charge in [0.25, 0.3) is 5.69 Å². The molecule has 3 rings (SSSR count). The molecule has 0 fully saturated rings. The minimum atomic E-state index is -0.376. The topological polar surface area (TPSA) is 55.2 Å². The Labute approximate surface area is 124 Å². The van der Waals surface area contributed by atoms with Crippen LogP contribution in [0, 0.1) is 15.5 Å². The molecule has 21 heavy (non-hydrogen) atoms. The number of nitrogens with one attached hydrogen (secondary N) is 1. The summed E-state index contributed by atoms with van der Waals surface area (Å²) >= 11 is 0. The Bertz CT molecular complexity index is 677. The molecule has 2 aromatic carbocycles. The van der Waals surface area contributed by atoms with E-state index in [9.17, 15) is 10.1 Å². The molecule has 0 amide bonds. The van der Waals surface area contributed by atoms with Gasteiger partial charge in [0.1, 0.15) is 0 Å². The molecule has 0 saturated carbocycles. The van der Waals surface area contributed by atoms with Crippen LogP contribution < -0.4 is 5.32 Å². The fraction of sp³-hybridized carbons (Fsp3) is 0.294. The van der Waals surface area contributed by atoms with E-state index in [-0.39, 0.29) is 22.1 Å². The fourth-order valence-corrected chi connectivity index (χ4v) is 3.11. The molecule has 0 saturated heterocycles. The average Bonchev–Trinajstić information content (AvgIpc) is 2.70. The molecule has 108 valence electrons. The fourth-order valence-electron chi connectivity index (χ4n) is 3.11. The number of hydrogen-bond donors (Lipinski definition) is 1. The Balaban J connectivity index is 1.88. The number of nitro benzene ring substituents is 1. The van der Waals surface area contributed by atoms with E-state index in [1.165, 1.54) is 23.3 Å². The number of non-ortho nitro benzene ring substituents is 1. The van der Waals surface area contributed by atoms with Gasteiger partial charge in [-0.15, -0.1) is 0 Å². The van der Waals surface area contributed by atoms with Crippen molar-refractivity contribution in [2.24, 2.45) is 5.41 Å². The van der Waals surface area contributed by atoms with Gasteiger partial charge in [-0.05, 0) is 35.1 Å². The number of rotatable bonds is 3.